The average molecular weight is 194 g/mol. The monoisotopic (exact) mass is 194 g/mol. The van der Waals surface area contributed by atoms with Gasteiger partial charge >= 0.3 is 0 Å². The van der Waals surface area contributed by atoms with Gasteiger partial charge in [-0.15, -0.1) is 0 Å². The Kier molecular flexibility index (Phi) is 2.82. The number of likely N-dealkylation sites (tertiary alicyclic amines) is 1. The van der Waals surface area contributed by atoms with Crippen molar-refractivity contribution >= 4 is 0 Å². The molecule has 1 aliphatic rings. The Morgan fingerprint density at radius 1 is 1.14 bits per heavy atom. The van der Waals surface area contributed by atoms with Crippen LogP contribution < -0.4 is 4.90 Å². The molecule has 14 heavy (non-hydrogen) atoms. The predicted molar refractivity (Wildman–Crippen MR) is 54.7 cm³/mol. The van der Waals surface area contributed by atoms with Crippen LogP contribution in [0.3, 0.4) is 0 Å². The Morgan fingerprint density at radius 2 is 1.71 bits per heavy atom. The fourth-order valence-electron chi connectivity index (χ4n) is 2.25. The predicted octanol–water partition coefficient (Wildman–Crippen LogP) is 1.57. The molecule has 1 saturated heterocycles. The molecule has 0 unspecified atom stereocenters. The van der Waals surface area contributed by atoms with Crippen molar-refractivity contribution in [3.8, 4) is 0 Å². The highest BCUT2D eigenvalue weighted by Crippen LogP contribution is 2.11. The fraction of sp³-hybridized carbons (Fsp3) is 0.500. The van der Waals surface area contributed by atoms with Gasteiger partial charge in [0.2, 0.25) is 0 Å². The lowest BCUT2D eigenvalue weighted by molar-refractivity contribution is -0.917. The van der Waals surface area contributed by atoms with E-state index in [4.69, 9.17) is 0 Å². The molecular formula is C12H17FN+. The highest BCUT2D eigenvalue weighted by Gasteiger charge is 2.22. The molecule has 76 valence electrons. The van der Waals surface area contributed by atoms with Crippen molar-refractivity contribution < 1.29 is 9.29 Å². The van der Waals surface area contributed by atoms with E-state index in [0.29, 0.717) is 6.04 Å². The number of quaternary nitrogens is 1. The molecule has 1 atom stereocenters. The van der Waals surface area contributed by atoms with E-state index < -0.39 is 0 Å². The zero-order valence-corrected chi connectivity index (χ0v) is 8.59. The summed E-state index contributed by atoms with van der Waals surface area (Å²) in [5.74, 6) is -0.141. The number of halogens is 1. The Balaban J connectivity index is 2.09. The molecule has 1 fully saturated rings. The normalized spacial score (nSPS) is 19.9. The van der Waals surface area contributed by atoms with Crippen LogP contribution in [0.25, 0.3) is 0 Å². The number of benzene rings is 1. The van der Waals surface area contributed by atoms with Gasteiger partial charge in [-0.05, 0) is 19.1 Å². The maximum Gasteiger partial charge on any atom is 0.123 e. The maximum atomic E-state index is 12.7. The standard InChI is InChI=1S/C12H16FN/c1-10(14-8-2-3-9-14)11-4-6-12(13)7-5-11/h4-7,10H,2-3,8-9H2,1H3/p+1/t10-/m0/s1. The van der Waals surface area contributed by atoms with Crippen molar-refractivity contribution in [2.45, 2.75) is 25.8 Å². The largest absolute Gasteiger partial charge is 0.329 e. The van der Waals surface area contributed by atoms with Crippen molar-refractivity contribution in [1.82, 2.24) is 0 Å². The topological polar surface area (TPSA) is 4.44 Å². The van der Waals surface area contributed by atoms with E-state index in [2.05, 4.69) is 6.92 Å². The second-order valence-corrected chi connectivity index (χ2v) is 4.14. The van der Waals surface area contributed by atoms with E-state index in [1.165, 1.54) is 31.5 Å². The van der Waals surface area contributed by atoms with Gasteiger partial charge in [-0.1, -0.05) is 12.1 Å². The average Bonchev–Trinajstić information content (AvgIpc) is 2.71. The smallest absolute Gasteiger partial charge is 0.123 e. The number of rotatable bonds is 2. The van der Waals surface area contributed by atoms with Gasteiger partial charge in [0.25, 0.3) is 0 Å². The summed E-state index contributed by atoms with van der Waals surface area (Å²) in [6.07, 6.45) is 2.67. The van der Waals surface area contributed by atoms with Crippen molar-refractivity contribution in [3.63, 3.8) is 0 Å². The molecular weight excluding hydrogens is 177 g/mol. The first-order valence-electron chi connectivity index (χ1n) is 5.37. The highest BCUT2D eigenvalue weighted by atomic mass is 19.1. The summed E-state index contributed by atoms with van der Waals surface area (Å²) >= 11 is 0. The van der Waals surface area contributed by atoms with Gasteiger partial charge in [-0.25, -0.2) is 4.39 Å². The first-order chi connectivity index (χ1) is 6.77. The maximum absolute atomic E-state index is 12.7. The van der Waals surface area contributed by atoms with Crippen LogP contribution in [0.4, 0.5) is 4.39 Å². The lowest BCUT2D eigenvalue weighted by Gasteiger charge is -2.20. The molecule has 1 nitrogen and oxygen atoms in total. The molecule has 0 bridgehead atoms. The molecule has 0 spiro atoms. The van der Waals surface area contributed by atoms with E-state index in [1.54, 1.807) is 17.0 Å². The number of hydrogen-bond donors (Lipinski definition) is 1. The molecule has 1 aromatic rings. The van der Waals surface area contributed by atoms with Gasteiger partial charge in [0.05, 0.1) is 13.1 Å². The summed E-state index contributed by atoms with van der Waals surface area (Å²) in [5, 5.41) is 0. The summed E-state index contributed by atoms with van der Waals surface area (Å²) < 4.78 is 12.7. The molecule has 0 saturated carbocycles. The molecule has 1 heterocycles. The number of hydrogen-bond acceptors (Lipinski definition) is 0. The first kappa shape index (κ1) is 9.66. The molecule has 1 aromatic carbocycles. The van der Waals surface area contributed by atoms with Gasteiger partial charge in [0.15, 0.2) is 0 Å². The van der Waals surface area contributed by atoms with Gasteiger partial charge in [-0.3, -0.25) is 0 Å². The van der Waals surface area contributed by atoms with E-state index >= 15 is 0 Å². The second kappa shape index (κ2) is 4.09. The van der Waals surface area contributed by atoms with Crippen molar-refractivity contribution in [2.24, 2.45) is 0 Å². The Bertz CT molecular complexity index is 288. The molecule has 0 radical (unpaired) electrons. The van der Waals surface area contributed by atoms with Gasteiger partial charge in [0, 0.05) is 18.4 Å². The van der Waals surface area contributed by atoms with Crippen LogP contribution in [0, 0.1) is 5.82 Å². The van der Waals surface area contributed by atoms with Gasteiger partial charge in [0.1, 0.15) is 11.9 Å². The lowest BCUT2D eigenvalue weighted by Crippen LogP contribution is -3.09. The Labute approximate surface area is 84.5 Å². The van der Waals surface area contributed by atoms with Crippen LogP contribution >= 0.6 is 0 Å². The van der Waals surface area contributed by atoms with Gasteiger partial charge in [-0.2, -0.15) is 0 Å². The van der Waals surface area contributed by atoms with Crippen LogP contribution in [0.5, 0.6) is 0 Å². The summed E-state index contributed by atoms with van der Waals surface area (Å²) in [7, 11) is 0. The number of nitrogens with one attached hydrogen (secondary N) is 1. The fourth-order valence-corrected chi connectivity index (χ4v) is 2.25. The summed E-state index contributed by atoms with van der Waals surface area (Å²) in [4.78, 5) is 1.64. The molecule has 0 amide bonds. The van der Waals surface area contributed by atoms with Crippen LogP contribution in [0.1, 0.15) is 31.4 Å². The van der Waals surface area contributed by atoms with E-state index in [-0.39, 0.29) is 5.82 Å². The minimum Gasteiger partial charge on any atom is -0.329 e. The SMILES string of the molecule is C[C@@H](c1ccc(F)cc1)[NH+]1CCCC1. The van der Waals surface area contributed by atoms with E-state index in [0.717, 1.165) is 0 Å². The molecule has 2 rings (SSSR count). The van der Waals surface area contributed by atoms with E-state index in [9.17, 15) is 4.39 Å². The third-order valence-electron chi connectivity index (χ3n) is 3.23. The molecule has 1 aliphatic heterocycles. The zero-order valence-electron chi connectivity index (χ0n) is 8.59. The third kappa shape index (κ3) is 1.95. The highest BCUT2D eigenvalue weighted by molar-refractivity contribution is 5.17. The lowest BCUT2D eigenvalue weighted by atomic mass is 10.1. The van der Waals surface area contributed by atoms with Crippen LogP contribution in [0.15, 0.2) is 24.3 Å². The minimum atomic E-state index is -0.141. The minimum absolute atomic E-state index is 0.141. The molecule has 0 aromatic heterocycles. The Morgan fingerprint density at radius 3 is 2.29 bits per heavy atom. The van der Waals surface area contributed by atoms with Crippen molar-refractivity contribution in [3.05, 3.63) is 35.6 Å². The van der Waals surface area contributed by atoms with Gasteiger partial charge < -0.3 is 4.90 Å². The summed E-state index contributed by atoms with van der Waals surface area (Å²) in [6.45, 7) is 4.75. The van der Waals surface area contributed by atoms with Crippen molar-refractivity contribution in [2.75, 3.05) is 13.1 Å². The van der Waals surface area contributed by atoms with Crippen LogP contribution in [-0.4, -0.2) is 13.1 Å². The second-order valence-electron chi connectivity index (χ2n) is 4.14. The van der Waals surface area contributed by atoms with Crippen LogP contribution in [0.2, 0.25) is 0 Å². The van der Waals surface area contributed by atoms with E-state index in [1.807, 2.05) is 12.1 Å². The quantitative estimate of drug-likeness (QED) is 0.729. The summed E-state index contributed by atoms with van der Waals surface area (Å²) in [5.41, 5.74) is 1.25. The third-order valence-corrected chi connectivity index (χ3v) is 3.23. The summed E-state index contributed by atoms with van der Waals surface area (Å²) in [6, 6.07) is 7.44. The Hall–Kier alpha value is -0.890. The van der Waals surface area contributed by atoms with Crippen molar-refractivity contribution in [1.29, 1.82) is 0 Å². The molecule has 2 heteroatoms. The van der Waals surface area contributed by atoms with Crippen LogP contribution in [-0.2, 0) is 0 Å². The zero-order chi connectivity index (χ0) is 9.97. The molecule has 0 aliphatic carbocycles. The first-order valence-corrected chi connectivity index (χ1v) is 5.37. The molecule has 1 N–H and O–H groups in total.